The van der Waals surface area contributed by atoms with Gasteiger partial charge >= 0.3 is 0 Å². The standard InChI is InChI=1S/C26H28O15/c27-6-15-19(33)21(35)22(36)25(39-15)18-14(40-26-23(37)20(34)16(7-28)41-26)5-12(32)17-11(31)4-13(38-24(17)18)8-1-2-9(29)10(30)3-8/h1-5,15-16,19-23,25-30,32-37H,6-7H2/t15-,16-,19-,20-,21+,22-,23+,25+,26-/m1/s1. The highest BCUT2D eigenvalue weighted by atomic mass is 16.7. The van der Waals surface area contributed by atoms with Gasteiger partial charge in [-0.2, -0.15) is 0 Å². The Morgan fingerprint density at radius 2 is 1.39 bits per heavy atom. The van der Waals surface area contributed by atoms with Crippen LogP contribution in [0.4, 0.5) is 0 Å². The number of phenols is 3. The molecule has 2 saturated heterocycles. The van der Waals surface area contributed by atoms with Crippen molar-refractivity contribution in [2.24, 2.45) is 0 Å². The number of benzene rings is 2. The largest absolute Gasteiger partial charge is 0.507 e. The van der Waals surface area contributed by atoms with Gasteiger partial charge in [-0.15, -0.1) is 0 Å². The van der Waals surface area contributed by atoms with Crippen molar-refractivity contribution in [2.75, 3.05) is 13.2 Å². The Morgan fingerprint density at radius 1 is 0.732 bits per heavy atom. The molecule has 41 heavy (non-hydrogen) atoms. The van der Waals surface area contributed by atoms with Crippen molar-refractivity contribution in [3.8, 4) is 34.3 Å². The third kappa shape index (κ3) is 4.97. The number of phenolic OH excluding ortho intramolecular Hbond substituents is 3. The molecule has 222 valence electrons. The molecule has 0 radical (unpaired) electrons. The lowest BCUT2D eigenvalue weighted by molar-refractivity contribution is -0.232. The first-order chi connectivity index (χ1) is 19.5. The third-order valence-corrected chi connectivity index (χ3v) is 7.16. The summed E-state index contributed by atoms with van der Waals surface area (Å²) < 4.78 is 22.7. The predicted molar refractivity (Wildman–Crippen MR) is 134 cm³/mol. The minimum Gasteiger partial charge on any atom is -0.507 e. The summed E-state index contributed by atoms with van der Waals surface area (Å²) in [5.41, 5.74) is -1.48. The van der Waals surface area contributed by atoms with Gasteiger partial charge in [0.05, 0.1) is 18.8 Å². The number of aliphatic hydroxyl groups is 7. The van der Waals surface area contributed by atoms with Crippen molar-refractivity contribution < 1.29 is 69.7 Å². The van der Waals surface area contributed by atoms with Gasteiger partial charge in [0.25, 0.3) is 0 Å². The Balaban J connectivity index is 1.74. The van der Waals surface area contributed by atoms with E-state index >= 15 is 0 Å². The van der Waals surface area contributed by atoms with E-state index in [0.717, 1.165) is 24.3 Å². The van der Waals surface area contributed by atoms with E-state index in [4.69, 9.17) is 18.6 Å². The van der Waals surface area contributed by atoms with E-state index in [-0.39, 0.29) is 16.9 Å². The van der Waals surface area contributed by atoms with E-state index in [1.54, 1.807) is 0 Å². The summed E-state index contributed by atoms with van der Waals surface area (Å²) in [4.78, 5) is 13.2. The number of aromatic hydroxyl groups is 3. The first kappa shape index (κ1) is 29.0. The van der Waals surface area contributed by atoms with E-state index in [2.05, 4.69) is 0 Å². The molecule has 0 unspecified atom stereocenters. The average molecular weight is 580 g/mol. The van der Waals surface area contributed by atoms with Crippen LogP contribution < -0.4 is 10.2 Å². The van der Waals surface area contributed by atoms with Crippen LogP contribution in [-0.2, 0) is 9.47 Å². The van der Waals surface area contributed by atoms with Crippen LogP contribution in [-0.4, -0.2) is 113 Å². The maximum Gasteiger partial charge on any atom is 0.229 e. The van der Waals surface area contributed by atoms with Crippen molar-refractivity contribution in [2.45, 2.75) is 55.1 Å². The van der Waals surface area contributed by atoms with Crippen molar-refractivity contribution >= 4 is 11.0 Å². The van der Waals surface area contributed by atoms with E-state index in [1.807, 2.05) is 0 Å². The summed E-state index contributed by atoms with van der Waals surface area (Å²) in [6.45, 7) is -1.48. The van der Waals surface area contributed by atoms with Crippen LogP contribution in [0.1, 0.15) is 11.7 Å². The fourth-order valence-corrected chi connectivity index (χ4v) is 4.93. The maximum atomic E-state index is 13.2. The SMILES string of the molecule is O=c1cc(-c2ccc(O)c(O)c2)oc2c([C@@H]3O[C@H](CO)[C@@H](O)[C@H](O)[C@H]3O)c(O[C@@H]3O[C@H](CO)[C@@H](O)[C@@H]3O)cc(O)c12. The van der Waals surface area contributed by atoms with E-state index in [1.165, 1.54) is 6.07 Å². The van der Waals surface area contributed by atoms with Crippen molar-refractivity contribution in [3.63, 3.8) is 0 Å². The normalized spacial score (nSPS) is 31.9. The minimum atomic E-state index is -1.92. The molecule has 15 heteroatoms. The number of aliphatic hydroxyl groups excluding tert-OH is 7. The average Bonchev–Trinajstić information content (AvgIpc) is 3.21. The fourth-order valence-electron chi connectivity index (χ4n) is 4.93. The second-order valence-corrected chi connectivity index (χ2v) is 9.76. The van der Waals surface area contributed by atoms with Crippen LogP contribution in [0.25, 0.3) is 22.3 Å². The molecule has 2 aromatic carbocycles. The van der Waals surface area contributed by atoms with Gasteiger partial charge in [0, 0.05) is 17.7 Å². The highest BCUT2D eigenvalue weighted by Gasteiger charge is 2.48. The van der Waals surface area contributed by atoms with Crippen molar-refractivity contribution in [1.82, 2.24) is 0 Å². The molecule has 2 aliphatic rings. The smallest absolute Gasteiger partial charge is 0.229 e. The molecule has 0 amide bonds. The monoisotopic (exact) mass is 580 g/mol. The first-order valence-electron chi connectivity index (χ1n) is 12.4. The molecular formula is C26H28O15. The summed E-state index contributed by atoms with van der Waals surface area (Å²) in [7, 11) is 0. The fraction of sp³-hybridized carbons (Fsp3) is 0.423. The van der Waals surface area contributed by atoms with Gasteiger partial charge < -0.3 is 69.7 Å². The number of rotatable bonds is 6. The second-order valence-electron chi connectivity index (χ2n) is 9.76. The van der Waals surface area contributed by atoms with Gasteiger partial charge in [-0.05, 0) is 18.2 Å². The molecule has 3 aromatic rings. The Morgan fingerprint density at radius 3 is 2.02 bits per heavy atom. The molecule has 0 spiro atoms. The molecule has 0 aliphatic carbocycles. The van der Waals surface area contributed by atoms with Crippen molar-refractivity contribution in [1.29, 1.82) is 0 Å². The summed E-state index contributed by atoms with van der Waals surface area (Å²) in [5.74, 6) is -2.30. The lowest BCUT2D eigenvalue weighted by Gasteiger charge is -2.40. The molecule has 10 N–H and O–H groups in total. The first-order valence-corrected chi connectivity index (χ1v) is 12.4. The topological polar surface area (TPSA) is 260 Å². The number of hydrogen-bond acceptors (Lipinski definition) is 15. The molecule has 15 nitrogen and oxygen atoms in total. The van der Waals surface area contributed by atoms with Crippen LogP contribution in [0.2, 0.25) is 0 Å². The third-order valence-electron chi connectivity index (χ3n) is 7.16. The highest BCUT2D eigenvalue weighted by molar-refractivity contribution is 5.90. The van der Waals surface area contributed by atoms with Crippen LogP contribution in [0.3, 0.4) is 0 Å². The Bertz CT molecular complexity index is 1490. The molecule has 2 fully saturated rings. The van der Waals surface area contributed by atoms with Crippen LogP contribution in [0, 0.1) is 0 Å². The number of fused-ring (bicyclic) bond motifs is 1. The molecule has 0 bridgehead atoms. The van der Waals surface area contributed by atoms with Crippen molar-refractivity contribution in [3.05, 3.63) is 46.1 Å². The predicted octanol–water partition coefficient (Wildman–Crippen LogP) is -2.09. The molecule has 2 aliphatic heterocycles. The Hall–Kier alpha value is -3.51. The molecule has 3 heterocycles. The summed E-state index contributed by atoms with van der Waals surface area (Å²) >= 11 is 0. The van der Waals surface area contributed by atoms with Crippen LogP contribution in [0.15, 0.2) is 39.5 Å². The zero-order valence-corrected chi connectivity index (χ0v) is 21.0. The summed E-state index contributed by atoms with van der Waals surface area (Å²) in [5, 5.41) is 101. The van der Waals surface area contributed by atoms with E-state index in [9.17, 15) is 55.9 Å². The molecule has 0 saturated carbocycles. The summed E-state index contributed by atoms with van der Waals surface area (Å²) in [6.07, 6.45) is -14.8. The van der Waals surface area contributed by atoms with Gasteiger partial charge in [0.2, 0.25) is 6.29 Å². The lowest BCUT2D eigenvalue weighted by atomic mass is 9.89. The molecule has 5 rings (SSSR count). The lowest BCUT2D eigenvalue weighted by Crippen LogP contribution is -2.55. The minimum absolute atomic E-state index is 0.105. The zero-order valence-electron chi connectivity index (χ0n) is 21.0. The van der Waals surface area contributed by atoms with E-state index < -0.39 is 108 Å². The quantitative estimate of drug-likeness (QED) is 0.140. The zero-order chi connectivity index (χ0) is 29.7. The van der Waals surface area contributed by atoms with Crippen LogP contribution >= 0.6 is 0 Å². The van der Waals surface area contributed by atoms with Gasteiger partial charge in [0.1, 0.15) is 71.5 Å². The highest BCUT2D eigenvalue weighted by Crippen LogP contribution is 2.45. The van der Waals surface area contributed by atoms with Gasteiger partial charge in [-0.3, -0.25) is 4.79 Å². The molecule has 9 atom stereocenters. The molecule has 1 aromatic heterocycles. The van der Waals surface area contributed by atoms with E-state index in [0.29, 0.717) is 0 Å². The van der Waals surface area contributed by atoms with Gasteiger partial charge in [0.15, 0.2) is 22.5 Å². The van der Waals surface area contributed by atoms with Gasteiger partial charge in [-0.1, -0.05) is 0 Å². The maximum absolute atomic E-state index is 13.2. The van der Waals surface area contributed by atoms with Gasteiger partial charge in [-0.25, -0.2) is 0 Å². The Labute approximate surface area is 229 Å². The Kier molecular flexibility index (Phi) is 7.82. The number of hydrogen-bond donors (Lipinski definition) is 10. The number of ether oxygens (including phenoxy) is 3. The van der Waals surface area contributed by atoms with Crippen LogP contribution in [0.5, 0.6) is 23.0 Å². The summed E-state index contributed by atoms with van der Waals surface area (Å²) in [6, 6.07) is 5.43. The second kappa shape index (κ2) is 11.1. The molecular weight excluding hydrogens is 552 g/mol.